The molecule has 0 spiro atoms. The van der Waals surface area contributed by atoms with Crippen molar-refractivity contribution >= 4 is 9.84 Å². The molecule has 2 aliphatic rings. The summed E-state index contributed by atoms with van der Waals surface area (Å²) in [5, 5.41) is 0. The largest absolute Gasteiger partial charge is 0.497 e. The fraction of sp³-hybridized carbons (Fsp3) is 0.300. The Morgan fingerprint density at radius 3 is 2.67 bits per heavy atom. The number of methoxy groups -OCH3 is 1. The van der Waals surface area contributed by atoms with Gasteiger partial charge in [0.15, 0.2) is 9.84 Å². The SMILES string of the molecule is COc1ccc2c(c1)CC[C@]1(S(=O)(=O)c3ccccc3)C=CC[C@H]21. The standard InChI is InChI=1S/C20H20O3S/c1-23-16-9-10-18-15(14-16)11-13-20(12-5-8-19(18)20)24(21,22)17-6-3-2-4-7-17/h2-7,9-10,12,14,19H,8,11,13H2,1H3/t19-,20-/m1/s1. The highest BCUT2D eigenvalue weighted by Gasteiger charge is 2.53. The van der Waals surface area contributed by atoms with Gasteiger partial charge in [-0.25, -0.2) is 8.42 Å². The van der Waals surface area contributed by atoms with Crippen LogP contribution in [0.5, 0.6) is 5.75 Å². The summed E-state index contributed by atoms with van der Waals surface area (Å²) in [5.74, 6) is 0.815. The normalized spacial score (nSPS) is 25.1. The average molecular weight is 340 g/mol. The molecule has 2 atom stereocenters. The van der Waals surface area contributed by atoms with Gasteiger partial charge in [-0.2, -0.15) is 0 Å². The number of allylic oxidation sites excluding steroid dienone is 1. The van der Waals surface area contributed by atoms with E-state index in [-0.39, 0.29) is 5.92 Å². The van der Waals surface area contributed by atoms with Crippen molar-refractivity contribution in [2.45, 2.75) is 34.8 Å². The summed E-state index contributed by atoms with van der Waals surface area (Å²) >= 11 is 0. The second-order valence-electron chi connectivity index (χ2n) is 6.53. The Balaban J connectivity index is 1.85. The van der Waals surface area contributed by atoms with Crippen molar-refractivity contribution in [1.82, 2.24) is 0 Å². The highest BCUT2D eigenvalue weighted by atomic mass is 32.2. The van der Waals surface area contributed by atoms with Gasteiger partial charge < -0.3 is 4.74 Å². The molecular formula is C20H20O3S. The van der Waals surface area contributed by atoms with Crippen LogP contribution in [0.3, 0.4) is 0 Å². The molecule has 4 rings (SSSR count). The molecule has 0 saturated carbocycles. The molecule has 3 nitrogen and oxygen atoms in total. The van der Waals surface area contributed by atoms with Gasteiger partial charge in [0.25, 0.3) is 0 Å². The van der Waals surface area contributed by atoms with Gasteiger partial charge in [-0.15, -0.1) is 0 Å². The van der Waals surface area contributed by atoms with Crippen molar-refractivity contribution < 1.29 is 13.2 Å². The first-order valence-electron chi connectivity index (χ1n) is 8.23. The highest BCUT2D eigenvalue weighted by molar-refractivity contribution is 7.93. The zero-order chi connectivity index (χ0) is 16.8. The molecule has 0 heterocycles. The van der Waals surface area contributed by atoms with Crippen LogP contribution >= 0.6 is 0 Å². The molecule has 2 aromatic carbocycles. The van der Waals surface area contributed by atoms with Crippen LogP contribution in [0.2, 0.25) is 0 Å². The Labute approximate surface area is 142 Å². The van der Waals surface area contributed by atoms with Crippen LogP contribution in [0.15, 0.2) is 65.6 Å². The lowest BCUT2D eigenvalue weighted by Gasteiger charge is -2.39. The van der Waals surface area contributed by atoms with Crippen LogP contribution in [0.4, 0.5) is 0 Å². The van der Waals surface area contributed by atoms with Gasteiger partial charge in [-0.1, -0.05) is 36.4 Å². The number of hydrogen-bond acceptors (Lipinski definition) is 3. The minimum absolute atomic E-state index is 0.0163. The predicted molar refractivity (Wildman–Crippen MR) is 94.2 cm³/mol. The molecule has 0 unspecified atom stereocenters. The lowest BCUT2D eigenvalue weighted by Crippen LogP contribution is -2.43. The number of ether oxygens (including phenoxy) is 1. The van der Waals surface area contributed by atoms with E-state index in [2.05, 4.69) is 0 Å². The Morgan fingerprint density at radius 1 is 1.12 bits per heavy atom. The van der Waals surface area contributed by atoms with Crippen LogP contribution in [-0.4, -0.2) is 20.3 Å². The third-order valence-corrected chi connectivity index (χ3v) is 7.94. The van der Waals surface area contributed by atoms with E-state index in [1.807, 2.05) is 36.4 Å². The number of aryl methyl sites for hydroxylation is 1. The Morgan fingerprint density at radius 2 is 1.92 bits per heavy atom. The van der Waals surface area contributed by atoms with Crippen LogP contribution in [0.25, 0.3) is 0 Å². The number of benzene rings is 2. The molecule has 2 aliphatic carbocycles. The maximum atomic E-state index is 13.4. The van der Waals surface area contributed by atoms with Gasteiger partial charge in [0.05, 0.1) is 12.0 Å². The second-order valence-corrected chi connectivity index (χ2v) is 8.77. The Bertz CT molecular complexity index is 900. The van der Waals surface area contributed by atoms with Gasteiger partial charge in [0.2, 0.25) is 0 Å². The van der Waals surface area contributed by atoms with E-state index >= 15 is 0 Å². The molecule has 124 valence electrons. The van der Waals surface area contributed by atoms with Gasteiger partial charge in [-0.3, -0.25) is 0 Å². The summed E-state index contributed by atoms with van der Waals surface area (Å²) in [4.78, 5) is 0.415. The number of fused-ring (bicyclic) bond motifs is 3. The van der Waals surface area contributed by atoms with Crippen molar-refractivity contribution in [1.29, 1.82) is 0 Å². The van der Waals surface area contributed by atoms with Crippen molar-refractivity contribution in [3.05, 3.63) is 71.8 Å². The molecule has 0 fully saturated rings. The smallest absolute Gasteiger partial charge is 0.188 e. The van der Waals surface area contributed by atoms with Crippen molar-refractivity contribution in [2.75, 3.05) is 7.11 Å². The molecule has 0 radical (unpaired) electrons. The summed E-state index contributed by atoms with van der Waals surface area (Å²) in [6.45, 7) is 0. The summed E-state index contributed by atoms with van der Waals surface area (Å²) in [5.41, 5.74) is 2.36. The Hall–Kier alpha value is -2.07. The van der Waals surface area contributed by atoms with Crippen molar-refractivity contribution in [2.24, 2.45) is 0 Å². The Kier molecular flexibility index (Phi) is 3.53. The van der Waals surface area contributed by atoms with E-state index in [1.54, 1.807) is 31.4 Å². The van der Waals surface area contributed by atoms with E-state index in [4.69, 9.17) is 4.74 Å². The molecule has 0 bridgehead atoms. The van der Waals surface area contributed by atoms with E-state index < -0.39 is 14.6 Å². The fourth-order valence-corrected chi connectivity index (χ4v) is 6.39. The van der Waals surface area contributed by atoms with Gasteiger partial charge >= 0.3 is 0 Å². The molecule has 0 N–H and O–H groups in total. The molecular weight excluding hydrogens is 320 g/mol. The van der Waals surface area contributed by atoms with Gasteiger partial charge in [0.1, 0.15) is 10.5 Å². The van der Waals surface area contributed by atoms with E-state index in [0.29, 0.717) is 11.3 Å². The van der Waals surface area contributed by atoms with Crippen LogP contribution in [0.1, 0.15) is 29.9 Å². The van der Waals surface area contributed by atoms with Gasteiger partial charge in [-0.05, 0) is 54.7 Å². The summed E-state index contributed by atoms with van der Waals surface area (Å²) < 4.78 is 31.4. The average Bonchev–Trinajstić information content (AvgIpc) is 3.08. The first-order valence-corrected chi connectivity index (χ1v) is 9.71. The van der Waals surface area contributed by atoms with Crippen molar-refractivity contribution in [3.8, 4) is 5.75 Å². The third kappa shape index (κ3) is 2.06. The quantitative estimate of drug-likeness (QED) is 0.796. The first-order chi connectivity index (χ1) is 11.6. The highest BCUT2D eigenvalue weighted by Crippen LogP contribution is 2.52. The van der Waals surface area contributed by atoms with Crippen LogP contribution in [-0.2, 0) is 16.3 Å². The number of hydrogen-bond donors (Lipinski definition) is 0. The van der Waals surface area contributed by atoms with Crippen molar-refractivity contribution in [3.63, 3.8) is 0 Å². The first kappa shape index (κ1) is 15.5. The monoisotopic (exact) mass is 340 g/mol. The lowest BCUT2D eigenvalue weighted by molar-refractivity contribution is 0.411. The summed E-state index contributed by atoms with van der Waals surface area (Å²) in [6, 6.07) is 14.9. The maximum Gasteiger partial charge on any atom is 0.188 e. The summed E-state index contributed by atoms with van der Waals surface area (Å²) in [7, 11) is -1.78. The molecule has 2 aromatic rings. The second kappa shape index (κ2) is 5.49. The topological polar surface area (TPSA) is 43.4 Å². The molecule has 0 amide bonds. The molecule has 0 saturated heterocycles. The minimum Gasteiger partial charge on any atom is -0.497 e. The number of sulfone groups is 1. The predicted octanol–water partition coefficient (Wildman–Crippen LogP) is 3.90. The maximum absolute atomic E-state index is 13.4. The van der Waals surface area contributed by atoms with E-state index in [0.717, 1.165) is 24.2 Å². The van der Waals surface area contributed by atoms with E-state index in [1.165, 1.54) is 5.56 Å². The van der Waals surface area contributed by atoms with Gasteiger partial charge in [0, 0.05) is 5.92 Å². The lowest BCUT2D eigenvalue weighted by atomic mass is 9.76. The zero-order valence-corrected chi connectivity index (χ0v) is 14.4. The van der Waals surface area contributed by atoms with Crippen LogP contribution < -0.4 is 4.74 Å². The third-order valence-electron chi connectivity index (χ3n) is 5.43. The van der Waals surface area contributed by atoms with E-state index in [9.17, 15) is 8.42 Å². The zero-order valence-electron chi connectivity index (χ0n) is 13.6. The summed E-state index contributed by atoms with van der Waals surface area (Å²) in [6.07, 6.45) is 6.11. The minimum atomic E-state index is -3.44. The molecule has 0 aliphatic heterocycles. The molecule has 24 heavy (non-hydrogen) atoms. The molecule has 4 heteroatoms. The molecule has 0 aromatic heterocycles. The number of rotatable bonds is 3. The van der Waals surface area contributed by atoms with Crippen LogP contribution in [0, 0.1) is 0 Å². The fourth-order valence-electron chi connectivity index (χ4n) is 4.19.